The van der Waals surface area contributed by atoms with Gasteiger partial charge < -0.3 is 10.1 Å². The van der Waals surface area contributed by atoms with Crippen LogP contribution in [-0.2, 0) is 6.54 Å². The van der Waals surface area contributed by atoms with Crippen molar-refractivity contribution in [2.24, 2.45) is 0 Å². The molecule has 0 bridgehead atoms. The van der Waals surface area contributed by atoms with E-state index in [9.17, 15) is 4.39 Å². The van der Waals surface area contributed by atoms with Crippen LogP contribution < -0.4 is 10.1 Å². The zero-order valence-electron chi connectivity index (χ0n) is 9.35. The van der Waals surface area contributed by atoms with Crippen LogP contribution >= 0.6 is 0 Å². The molecule has 4 nitrogen and oxygen atoms in total. The molecule has 1 heterocycles. The summed E-state index contributed by atoms with van der Waals surface area (Å²) in [5, 5.41) is 3.07. The van der Waals surface area contributed by atoms with Gasteiger partial charge in [-0.3, -0.25) is 0 Å². The Morgan fingerprint density at radius 2 is 2.24 bits per heavy atom. The largest absolute Gasteiger partial charge is 0.494 e. The molecule has 17 heavy (non-hydrogen) atoms. The van der Waals surface area contributed by atoms with Gasteiger partial charge in [-0.1, -0.05) is 0 Å². The van der Waals surface area contributed by atoms with Crippen molar-refractivity contribution in [3.63, 3.8) is 0 Å². The van der Waals surface area contributed by atoms with Gasteiger partial charge in [0.25, 0.3) is 0 Å². The Morgan fingerprint density at radius 3 is 2.88 bits per heavy atom. The summed E-state index contributed by atoms with van der Waals surface area (Å²) in [5.74, 6) is -0.155. The summed E-state index contributed by atoms with van der Waals surface area (Å²) in [6.45, 7) is 0.522. The summed E-state index contributed by atoms with van der Waals surface area (Å²) in [6, 6.07) is 6.52. The van der Waals surface area contributed by atoms with Crippen molar-refractivity contribution in [3.05, 3.63) is 48.3 Å². The van der Waals surface area contributed by atoms with E-state index in [1.165, 1.54) is 19.5 Å². The molecule has 88 valence electrons. The molecule has 1 aromatic carbocycles. The lowest BCUT2D eigenvalue weighted by molar-refractivity contribution is 0.386. The maximum absolute atomic E-state index is 13.4. The molecule has 2 rings (SSSR count). The first kappa shape index (κ1) is 11.3. The topological polar surface area (TPSA) is 47.0 Å². The number of nitrogens with zero attached hydrogens (tertiary/aromatic N) is 2. The van der Waals surface area contributed by atoms with E-state index in [-0.39, 0.29) is 11.6 Å². The molecule has 0 fully saturated rings. The zero-order chi connectivity index (χ0) is 12.1. The minimum absolute atomic E-state index is 0.234. The van der Waals surface area contributed by atoms with Gasteiger partial charge in [-0.25, -0.2) is 14.4 Å². The lowest BCUT2D eigenvalue weighted by Crippen LogP contribution is -2.02. The van der Waals surface area contributed by atoms with Gasteiger partial charge in [0, 0.05) is 18.0 Å². The molecule has 1 aromatic heterocycles. The number of hydrogen-bond donors (Lipinski definition) is 1. The van der Waals surface area contributed by atoms with Crippen molar-refractivity contribution in [3.8, 4) is 5.75 Å². The molecule has 0 saturated heterocycles. The molecular formula is C12H12FN3O. The van der Waals surface area contributed by atoms with E-state index in [4.69, 9.17) is 4.74 Å². The van der Waals surface area contributed by atoms with Gasteiger partial charge in [0.2, 0.25) is 0 Å². The number of hydrogen-bond acceptors (Lipinski definition) is 4. The monoisotopic (exact) mass is 233 g/mol. The van der Waals surface area contributed by atoms with Crippen LogP contribution in [0.25, 0.3) is 0 Å². The van der Waals surface area contributed by atoms with E-state index in [2.05, 4.69) is 15.3 Å². The summed E-state index contributed by atoms with van der Waals surface area (Å²) in [5.41, 5.74) is 1.53. The maximum Gasteiger partial charge on any atom is 0.167 e. The summed E-state index contributed by atoms with van der Waals surface area (Å²) in [4.78, 5) is 7.88. The van der Waals surface area contributed by atoms with E-state index >= 15 is 0 Å². The standard InChI is InChI=1S/C12H12FN3O/c1-17-12-3-2-9(6-11(12)13)15-7-10-4-5-14-8-16-10/h2-6,8,15H,7H2,1H3. The molecule has 5 heteroatoms. The van der Waals surface area contributed by atoms with Gasteiger partial charge in [-0.15, -0.1) is 0 Å². The Hall–Kier alpha value is -2.17. The van der Waals surface area contributed by atoms with Gasteiger partial charge in [0.15, 0.2) is 11.6 Å². The maximum atomic E-state index is 13.4. The van der Waals surface area contributed by atoms with Crippen molar-refractivity contribution in [1.82, 2.24) is 9.97 Å². The number of anilines is 1. The normalized spacial score (nSPS) is 10.0. The predicted molar refractivity (Wildman–Crippen MR) is 62.3 cm³/mol. The van der Waals surface area contributed by atoms with Crippen LogP contribution in [0.4, 0.5) is 10.1 Å². The van der Waals surface area contributed by atoms with Crippen molar-refractivity contribution >= 4 is 5.69 Å². The summed E-state index contributed by atoms with van der Waals surface area (Å²) < 4.78 is 18.2. The third kappa shape index (κ3) is 2.90. The fraction of sp³-hybridized carbons (Fsp3) is 0.167. The van der Waals surface area contributed by atoms with Crippen LogP contribution in [0.1, 0.15) is 5.69 Å². The van der Waals surface area contributed by atoms with Gasteiger partial charge in [0.1, 0.15) is 6.33 Å². The number of methoxy groups -OCH3 is 1. The fourth-order valence-corrected chi connectivity index (χ4v) is 1.39. The highest BCUT2D eigenvalue weighted by Crippen LogP contribution is 2.20. The third-order valence-electron chi connectivity index (χ3n) is 2.27. The van der Waals surface area contributed by atoms with Crippen LogP contribution in [0.5, 0.6) is 5.75 Å². The first-order chi connectivity index (χ1) is 8.29. The smallest absolute Gasteiger partial charge is 0.167 e. The number of ether oxygens (including phenoxy) is 1. The highest BCUT2D eigenvalue weighted by atomic mass is 19.1. The van der Waals surface area contributed by atoms with E-state index < -0.39 is 0 Å². The van der Waals surface area contributed by atoms with E-state index in [1.807, 2.05) is 0 Å². The highest BCUT2D eigenvalue weighted by molar-refractivity contribution is 5.47. The van der Waals surface area contributed by atoms with E-state index in [1.54, 1.807) is 24.4 Å². The summed E-state index contributed by atoms with van der Waals surface area (Å²) in [6.07, 6.45) is 3.14. The first-order valence-corrected chi connectivity index (χ1v) is 5.12. The molecule has 0 spiro atoms. The molecule has 0 saturated carbocycles. The lowest BCUT2D eigenvalue weighted by Gasteiger charge is -2.07. The minimum atomic E-state index is -0.389. The number of halogens is 1. The molecule has 0 amide bonds. The van der Waals surface area contributed by atoms with Crippen molar-refractivity contribution in [1.29, 1.82) is 0 Å². The lowest BCUT2D eigenvalue weighted by atomic mass is 10.3. The molecular weight excluding hydrogens is 221 g/mol. The number of aromatic nitrogens is 2. The van der Waals surface area contributed by atoms with Crippen LogP contribution in [0.15, 0.2) is 36.8 Å². The number of nitrogens with one attached hydrogen (secondary N) is 1. The quantitative estimate of drug-likeness (QED) is 0.879. The molecule has 1 N–H and O–H groups in total. The van der Waals surface area contributed by atoms with Gasteiger partial charge >= 0.3 is 0 Å². The predicted octanol–water partition coefficient (Wildman–Crippen LogP) is 2.24. The van der Waals surface area contributed by atoms with Gasteiger partial charge in [-0.2, -0.15) is 0 Å². The average Bonchev–Trinajstić information content (AvgIpc) is 2.38. The van der Waals surface area contributed by atoms with Crippen molar-refractivity contribution in [2.45, 2.75) is 6.54 Å². The molecule has 0 unspecified atom stereocenters. The molecule has 0 aliphatic carbocycles. The second kappa shape index (κ2) is 5.25. The van der Waals surface area contributed by atoms with Crippen LogP contribution in [0.2, 0.25) is 0 Å². The van der Waals surface area contributed by atoms with Crippen LogP contribution in [-0.4, -0.2) is 17.1 Å². The van der Waals surface area contributed by atoms with Crippen molar-refractivity contribution < 1.29 is 9.13 Å². The molecule has 0 aliphatic rings. The Kier molecular flexibility index (Phi) is 3.49. The fourth-order valence-electron chi connectivity index (χ4n) is 1.39. The first-order valence-electron chi connectivity index (χ1n) is 5.12. The number of benzene rings is 1. The number of rotatable bonds is 4. The summed E-state index contributed by atoms with van der Waals surface area (Å²) in [7, 11) is 1.44. The summed E-state index contributed by atoms with van der Waals surface area (Å²) >= 11 is 0. The second-order valence-corrected chi connectivity index (χ2v) is 3.40. The van der Waals surface area contributed by atoms with E-state index in [0.717, 1.165) is 5.69 Å². The third-order valence-corrected chi connectivity index (χ3v) is 2.27. The molecule has 0 radical (unpaired) electrons. The Labute approximate surface area is 98.5 Å². The Bertz CT molecular complexity index is 490. The molecule has 0 atom stereocenters. The van der Waals surface area contributed by atoms with E-state index in [0.29, 0.717) is 12.2 Å². The van der Waals surface area contributed by atoms with Crippen molar-refractivity contribution in [2.75, 3.05) is 12.4 Å². The van der Waals surface area contributed by atoms with Gasteiger partial charge in [-0.05, 0) is 18.2 Å². The van der Waals surface area contributed by atoms with Gasteiger partial charge in [0.05, 0.1) is 19.3 Å². The second-order valence-electron chi connectivity index (χ2n) is 3.40. The Balaban J connectivity index is 2.02. The van der Waals surface area contributed by atoms with Crippen LogP contribution in [0.3, 0.4) is 0 Å². The molecule has 2 aromatic rings. The zero-order valence-corrected chi connectivity index (χ0v) is 9.35. The molecule has 0 aliphatic heterocycles. The van der Waals surface area contributed by atoms with Crippen LogP contribution in [0, 0.1) is 5.82 Å². The Morgan fingerprint density at radius 1 is 1.35 bits per heavy atom. The SMILES string of the molecule is COc1ccc(NCc2ccncn2)cc1F. The minimum Gasteiger partial charge on any atom is -0.494 e. The average molecular weight is 233 g/mol. The highest BCUT2D eigenvalue weighted by Gasteiger charge is 2.03.